The molecule has 0 saturated carbocycles. The fourth-order valence-electron chi connectivity index (χ4n) is 0.465. The average molecular weight is 166 g/mol. The van der Waals surface area contributed by atoms with Gasteiger partial charge in [0.15, 0.2) is 16.5 Å². The highest BCUT2D eigenvalue weighted by molar-refractivity contribution is 7.79. The Morgan fingerprint density at radius 1 is 2.00 bits per heavy atom. The lowest BCUT2D eigenvalue weighted by Gasteiger charge is -2.05. The van der Waals surface area contributed by atoms with Crippen LogP contribution in [0.1, 0.15) is 6.92 Å². The van der Waals surface area contributed by atoms with Crippen molar-refractivity contribution in [1.82, 2.24) is 0 Å². The predicted molar refractivity (Wildman–Crippen MR) is 35.9 cm³/mol. The molecule has 3 unspecified atom stereocenters. The van der Waals surface area contributed by atoms with E-state index >= 15 is 0 Å². The van der Waals surface area contributed by atoms with Crippen LogP contribution in [-0.4, -0.2) is 33.5 Å². The van der Waals surface area contributed by atoms with Gasteiger partial charge in [-0.25, -0.2) is 4.21 Å². The lowest BCUT2D eigenvalue weighted by molar-refractivity contribution is 0.0997. The van der Waals surface area contributed by atoms with Gasteiger partial charge in [-0.3, -0.25) is 0 Å². The highest BCUT2D eigenvalue weighted by Gasteiger charge is 2.24. The van der Waals surface area contributed by atoms with Crippen molar-refractivity contribution < 1.29 is 18.2 Å². The van der Waals surface area contributed by atoms with Gasteiger partial charge in [-0.05, 0) is 6.92 Å². The molecule has 0 aromatic carbocycles. The van der Waals surface area contributed by atoms with Crippen LogP contribution in [0.5, 0.6) is 0 Å². The molecule has 3 atom stereocenters. The van der Waals surface area contributed by atoms with Gasteiger partial charge in [-0.15, -0.1) is 0 Å². The number of hydrogen-bond acceptors (Lipinski definition) is 3. The number of ether oxygens (including phenoxy) is 2. The number of rotatable bonds is 4. The Morgan fingerprint density at radius 3 is 3.00 bits per heavy atom. The Morgan fingerprint density at radius 2 is 2.60 bits per heavy atom. The minimum absolute atomic E-state index is 0.158. The van der Waals surface area contributed by atoms with Crippen LogP contribution in [0.15, 0.2) is 0 Å². The fraction of sp³-hybridized carbons (Fsp3) is 1.00. The molecule has 1 fully saturated rings. The fourth-order valence-corrected chi connectivity index (χ4v) is 0.660. The van der Waals surface area contributed by atoms with Gasteiger partial charge in [0.05, 0.1) is 13.2 Å². The molecule has 4 nitrogen and oxygen atoms in total. The van der Waals surface area contributed by atoms with Gasteiger partial charge in [0.1, 0.15) is 6.10 Å². The Bertz CT molecular complexity index is 134. The molecule has 1 rings (SSSR count). The number of hydrogen-bond donors (Lipinski definition) is 1. The zero-order valence-electron chi connectivity index (χ0n) is 5.65. The van der Waals surface area contributed by atoms with E-state index in [2.05, 4.69) is 0 Å². The summed E-state index contributed by atoms with van der Waals surface area (Å²) in [5.74, 6) is 0. The van der Waals surface area contributed by atoms with Crippen molar-refractivity contribution in [2.75, 3.05) is 13.2 Å². The Balaban J connectivity index is 2.05. The summed E-state index contributed by atoms with van der Waals surface area (Å²) in [4.78, 5) is 0. The highest BCUT2D eigenvalue weighted by atomic mass is 32.2. The summed E-state index contributed by atoms with van der Waals surface area (Å²) in [5.41, 5.74) is -0.607. The van der Waals surface area contributed by atoms with E-state index in [-0.39, 0.29) is 6.10 Å². The lowest BCUT2D eigenvalue weighted by atomic mass is 10.5. The van der Waals surface area contributed by atoms with Crippen molar-refractivity contribution in [3.8, 4) is 0 Å². The van der Waals surface area contributed by atoms with Crippen molar-refractivity contribution in [3.63, 3.8) is 0 Å². The molecule has 1 saturated heterocycles. The summed E-state index contributed by atoms with van der Waals surface area (Å²) >= 11 is -1.88. The molecule has 60 valence electrons. The summed E-state index contributed by atoms with van der Waals surface area (Å²) in [6.07, 6.45) is 0.158. The van der Waals surface area contributed by atoms with Crippen molar-refractivity contribution in [2.24, 2.45) is 0 Å². The molecule has 0 bridgehead atoms. The van der Waals surface area contributed by atoms with Gasteiger partial charge in [0, 0.05) is 0 Å². The monoisotopic (exact) mass is 166 g/mol. The molecule has 0 spiro atoms. The second-order valence-electron chi connectivity index (χ2n) is 2.13. The van der Waals surface area contributed by atoms with Gasteiger partial charge >= 0.3 is 0 Å². The normalized spacial score (nSPS) is 29.6. The molecule has 1 N–H and O–H groups in total. The topological polar surface area (TPSA) is 59.1 Å². The van der Waals surface area contributed by atoms with Crippen molar-refractivity contribution in [2.45, 2.75) is 18.5 Å². The molecule has 1 heterocycles. The summed E-state index contributed by atoms with van der Waals surface area (Å²) in [6.45, 7) is 2.69. The first-order valence-corrected chi connectivity index (χ1v) is 4.20. The minimum atomic E-state index is -1.88. The summed E-state index contributed by atoms with van der Waals surface area (Å²) in [5, 5.41) is 0. The predicted octanol–water partition coefficient (Wildman–Crippen LogP) is -0.0305. The molecule has 10 heavy (non-hydrogen) atoms. The summed E-state index contributed by atoms with van der Waals surface area (Å²) in [6, 6.07) is 0. The third-order valence-corrected chi connectivity index (χ3v) is 1.91. The second-order valence-corrected chi connectivity index (χ2v) is 3.35. The zero-order chi connectivity index (χ0) is 7.56. The second kappa shape index (κ2) is 3.43. The van der Waals surface area contributed by atoms with E-state index in [9.17, 15) is 4.21 Å². The van der Waals surface area contributed by atoms with Gasteiger partial charge in [0.2, 0.25) is 0 Å². The van der Waals surface area contributed by atoms with E-state index in [0.29, 0.717) is 13.2 Å². The SMILES string of the molecule is CC(OCC1CO1)S(=O)O. The molecule has 0 aromatic rings. The van der Waals surface area contributed by atoms with Crippen LogP contribution in [-0.2, 0) is 20.6 Å². The maximum atomic E-state index is 10.3. The highest BCUT2D eigenvalue weighted by Crippen LogP contribution is 2.10. The smallest absolute Gasteiger partial charge is 0.182 e. The molecule has 1 aliphatic heterocycles. The molecular formula is C5H10O4S. The molecule has 0 aromatic heterocycles. The third kappa shape index (κ3) is 2.74. The Hall–Kier alpha value is 0.0300. The third-order valence-electron chi connectivity index (χ3n) is 1.20. The van der Waals surface area contributed by atoms with E-state index in [1.807, 2.05) is 0 Å². The maximum absolute atomic E-state index is 10.3. The molecule has 0 radical (unpaired) electrons. The zero-order valence-corrected chi connectivity index (χ0v) is 6.47. The first-order chi connectivity index (χ1) is 4.70. The van der Waals surface area contributed by atoms with Gasteiger partial charge < -0.3 is 14.0 Å². The first kappa shape index (κ1) is 8.13. The Labute approximate surface area is 61.8 Å². The standard InChI is InChI=1S/C5H10O4S/c1-4(10(6)7)8-2-5-3-9-5/h4-5H,2-3H2,1H3,(H,6,7). The quantitative estimate of drug-likeness (QED) is 0.470. The largest absolute Gasteiger partial charge is 0.371 e. The van der Waals surface area contributed by atoms with E-state index in [4.69, 9.17) is 14.0 Å². The van der Waals surface area contributed by atoms with Crippen LogP contribution >= 0.6 is 0 Å². The van der Waals surface area contributed by atoms with E-state index in [1.54, 1.807) is 6.92 Å². The molecule has 0 aliphatic carbocycles. The van der Waals surface area contributed by atoms with Crippen LogP contribution in [0.2, 0.25) is 0 Å². The Kier molecular flexibility index (Phi) is 2.79. The maximum Gasteiger partial charge on any atom is 0.182 e. The van der Waals surface area contributed by atoms with E-state index in [0.717, 1.165) is 0 Å². The van der Waals surface area contributed by atoms with E-state index in [1.165, 1.54) is 0 Å². The van der Waals surface area contributed by atoms with Crippen molar-refractivity contribution >= 4 is 11.1 Å². The molecule has 1 aliphatic rings. The van der Waals surface area contributed by atoms with Crippen LogP contribution in [0.3, 0.4) is 0 Å². The van der Waals surface area contributed by atoms with E-state index < -0.39 is 16.5 Å². The first-order valence-electron chi connectivity index (χ1n) is 3.03. The van der Waals surface area contributed by atoms with Crippen LogP contribution in [0.25, 0.3) is 0 Å². The van der Waals surface area contributed by atoms with Gasteiger partial charge in [-0.1, -0.05) is 0 Å². The minimum Gasteiger partial charge on any atom is -0.371 e. The van der Waals surface area contributed by atoms with Crippen molar-refractivity contribution in [1.29, 1.82) is 0 Å². The lowest BCUT2D eigenvalue weighted by Crippen LogP contribution is -2.17. The van der Waals surface area contributed by atoms with Crippen molar-refractivity contribution in [3.05, 3.63) is 0 Å². The average Bonchev–Trinajstić information content (AvgIpc) is 2.64. The molecule has 0 amide bonds. The molecule has 5 heteroatoms. The van der Waals surface area contributed by atoms with Gasteiger partial charge in [0.25, 0.3) is 0 Å². The van der Waals surface area contributed by atoms with Crippen LogP contribution < -0.4 is 0 Å². The molecular weight excluding hydrogens is 156 g/mol. The number of epoxide rings is 1. The van der Waals surface area contributed by atoms with Crippen LogP contribution in [0, 0.1) is 0 Å². The van der Waals surface area contributed by atoms with Gasteiger partial charge in [-0.2, -0.15) is 0 Å². The summed E-state index contributed by atoms with van der Waals surface area (Å²) < 4.78 is 28.5. The summed E-state index contributed by atoms with van der Waals surface area (Å²) in [7, 11) is 0. The van der Waals surface area contributed by atoms with Crippen LogP contribution in [0.4, 0.5) is 0 Å².